The number of carbonyl (C=O) groups excluding carboxylic acids is 1. The molecule has 1 N–H and O–H groups in total. The van der Waals surface area contributed by atoms with Crippen molar-refractivity contribution in [2.24, 2.45) is 0 Å². The van der Waals surface area contributed by atoms with Gasteiger partial charge in [-0.3, -0.25) is 4.79 Å². The first kappa shape index (κ1) is 8.10. The van der Waals surface area contributed by atoms with Crippen molar-refractivity contribution in [3.05, 3.63) is 29.8 Å². The third-order valence-corrected chi connectivity index (χ3v) is 2.29. The van der Waals surface area contributed by atoms with Crippen LogP contribution in [0.5, 0.6) is 0 Å². The fourth-order valence-corrected chi connectivity index (χ4v) is 1.55. The first-order chi connectivity index (χ1) is 6.29. The Balaban J connectivity index is 2.51. The zero-order valence-electron chi connectivity index (χ0n) is 7.58. The van der Waals surface area contributed by atoms with Crippen LogP contribution in [0.4, 0.5) is 5.69 Å². The molecule has 1 aromatic carbocycles. The highest BCUT2D eigenvalue weighted by Crippen LogP contribution is 2.19. The molecule has 13 heavy (non-hydrogen) atoms. The molecule has 0 spiro atoms. The van der Waals surface area contributed by atoms with E-state index in [1.807, 2.05) is 31.3 Å². The molecule has 68 valence electrons. The lowest BCUT2D eigenvalue weighted by atomic mass is 10.1. The summed E-state index contributed by atoms with van der Waals surface area (Å²) in [6.07, 6.45) is 0. The molecule has 0 aromatic heterocycles. The molecule has 1 amide bonds. The van der Waals surface area contributed by atoms with Crippen molar-refractivity contribution in [3.8, 4) is 0 Å². The standard InChI is InChI=1S/C10H12N2O/c1-12-7-6-11-10(13)8-4-2-3-5-9(8)12/h2-5H,6-7H2,1H3,(H,11,13). The lowest BCUT2D eigenvalue weighted by Gasteiger charge is -2.17. The maximum atomic E-state index is 11.5. The van der Waals surface area contributed by atoms with Crippen molar-refractivity contribution in [2.75, 3.05) is 25.0 Å². The highest BCUT2D eigenvalue weighted by molar-refractivity contribution is 6.00. The topological polar surface area (TPSA) is 32.3 Å². The van der Waals surface area contributed by atoms with E-state index in [1.54, 1.807) is 0 Å². The van der Waals surface area contributed by atoms with Crippen molar-refractivity contribution < 1.29 is 4.79 Å². The molecule has 0 unspecified atom stereocenters. The summed E-state index contributed by atoms with van der Waals surface area (Å²) >= 11 is 0. The van der Waals surface area contributed by atoms with Crippen molar-refractivity contribution in [3.63, 3.8) is 0 Å². The van der Waals surface area contributed by atoms with Gasteiger partial charge < -0.3 is 10.2 Å². The Morgan fingerprint density at radius 3 is 3.00 bits per heavy atom. The van der Waals surface area contributed by atoms with Crippen molar-refractivity contribution in [2.45, 2.75) is 0 Å². The number of hydrogen-bond donors (Lipinski definition) is 1. The first-order valence-corrected chi connectivity index (χ1v) is 4.37. The Morgan fingerprint density at radius 2 is 2.15 bits per heavy atom. The number of fused-ring (bicyclic) bond motifs is 1. The van der Waals surface area contributed by atoms with Gasteiger partial charge in [-0.05, 0) is 12.1 Å². The van der Waals surface area contributed by atoms with Gasteiger partial charge >= 0.3 is 0 Å². The van der Waals surface area contributed by atoms with Crippen LogP contribution in [0.3, 0.4) is 0 Å². The predicted molar refractivity (Wildman–Crippen MR) is 52.0 cm³/mol. The fourth-order valence-electron chi connectivity index (χ4n) is 1.55. The Labute approximate surface area is 77.4 Å². The highest BCUT2D eigenvalue weighted by Gasteiger charge is 2.16. The molecule has 1 aliphatic rings. The van der Waals surface area contributed by atoms with Crippen LogP contribution in [0.25, 0.3) is 0 Å². The maximum absolute atomic E-state index is 11.5. The minimum Gasteiger partial charge on any atom is -0.372 e. The number of benzene rings is 1. The number of hydrogen-bond acceptors (Lipinski definition) is 2. The number of carbonyl (C=O) groups is 1. The van der Waals surface area contributed by atoms with Crippen LogP contribution < -0.4 is 10.2 Å². The molecular weight excluding hydrogens is 164 g/mol. The van der Waals surface area contributed by atoms with Crippen LogP contribution in [0.2, 0.25) is 0 Å². The molecule has 0 bridgehead atoms. The largest absolute Gasteiger partial charge is 0.372 e. The van der Waals surface area contributed by atoms with Gasteiger partial charge in [0.25, 0.3) is 5.91 Å². The van der Waals surface area contributed by atoms with Crippen molar-refractivity contribution in [1.29, 1.82) is 0 Å². The third kappa shape index (κ3) is 1.37. The van der Waals surface area contributed by atoms with Crippen LogP contribution in [-0.4, -0.2) is 26.0 Å². The van der Waals surface area contributed by atoms with Gasteiger partial charge in [-0.2, -0.15) is 0 Å². The lowest BCUT2D eigenvalue weighted by molar-refractivity contribution is 0.0958. The fraction of sp³-hybridized carbons (Fsp3) is 0.300. The van der Waals surface area contributed by atoms with E-state index in [-0.39, 0.29) is 5.91 Å². The molecule has 1 aromatic rings. The summed E-state index contributed by atoms with van der Waals surface area (Å²) in [7, 11) is 2.00. The average Bonchev–Trinajstić information content (AvgIpc) is 2.29. The minimum atomic E-state index is 0.0277. The average molecular weight is 176 g/mol. The lowest BCUT2D eigenvalue weighted by Crippen LogP contribution is -2.27. The van der Waals surface area contributed by atoms with Crippen LogP contribution in [0.15, 0.2) is 24.3 Å². The molecule has 2 rings (SSSR count). The van der Waals surface area contributed by atoms with Crippen molar-refractivity contribution in [1.82, 2.24) is 5.32 Å². The van der Waals surface area contributed by atoms with Gasteiger partial charge in [0.15, 0.2) is 0 Å². The number of likely N-dealkylation sites (N-methyl/N-ethyl adjacent to an activating group) is 1. The number of nitrogens with one attached hydrogen (secondary N) is 1. The molecule has 3 heteroatoms. The summed E-state index contributed by atoms with van der Waals surface area (Å²) in [5.74, 6) is 0.0277. The van der Waals surface area contributed by atoms with Crippen molar-refractivity contribution >= 4 is 11.6 Å². The first-order valence-electron chi connectivity index (χ1n) is 4.37. The summed E-state index contributed by atoms with van der Waals surface area (Å²) < 4.78 is 0. The van der Waals surface area contributed by atoms with Gasteiger partial charge in [0, 0.05) is 25.8 Å². The van der Waals surface area contributed by atoms with Crippen LogP contribution >= 0.6 is 0 Å². The maximum Gasteiger partial charge on any atom is 0.253 e. The molecule has 1 heterocycles. The number of amides is 1. The molecule has 0 atom stereocenters. The Kier molecular flexibility index (Phi) is 1.93. The molecule has 0 saturated carbocycles. The van der Waals surface area contributed by atoms with E-state index < -0.39 is 0 Å². The molecule has 3 nitrogen and oxygen atoms in total. The predicted octanol–water partition coefficient (Wildman–Crippen LogP) is 0.866. The summed E-state index contributed by atoms with van der Waals surface area (Å²) in [6, 6.07) is 7.66. The Hall–Kier alpha value is -1.51. The SMILES string of the molecule is CN1CCNC(=O)c2ccccc21. The smallest absolute Gasteiger partial charge is 0.253 e. The minimum absolute atomic E-state index is 0.0277. The molecular formula is C10H12N2O. The highest BCUT2D eigenvalue weighted by atomic mass is 16.1. The van der Waals surface area contributed by atoms with E-state index >= 15 is 0 Å². The summed E-state index contributed by atoms with van der Waals surface area (Å²) in [5.41, 5.74) is 1.78. The van der Waals surface area contributed by atoms with Gasteiger partial charge in [0.2, 0.25) is 0 Å². The zero-order valence-corrected chi connectivity index (χ0v) is 7.58. The molecule has 0 saturated heterocycles. The van der Waals surface area contributed by atoms with Crippen LogP contribution in [0.1, 0.15) is 10.4 Å². The third-order valence-electron chi connectivity index (χ3n) is 2.29. The van der Waals surface area contributed by atoms with E-state index in [4.69, 9.17) is 0 Å². The van der Waals surface area contributed by atoms with Crippen LogP contribution in [0, 0.1) is 0 Å². The van der Waals surface area contributed by atoms with E-state index in [0.717, 1.165) is 17.8 Å². The second-order valence-electron chi connectivity index (χ2n) is 3.19. The molecule has 0 fully saturated rings. The second kappa shape index (κ2) is 3.09. The second-order valence-corrected chi connectivity index (χ2v) is 3.19. The zero-order chi connectivity index (χ0) is 9.26. The molecule has 0 aliphatic carbocycles. The molecule has 1 aliphatic heterocycles. The van der Waals surface area contributed by atoms with E-state index in [2.05, 4.69) is 10.2 Å². The Bertz CT molecular complexity index is 335. The number of anilines is 1. The quantitative estimate of drug-likeness (QED) is 0.636. The van der Waals surface area contributed by atoms with Gasteiger partial charge in [0.05, 0.1) is 5.56 Å². The van der Waals surface area contributed by atoms with Crippen LogP contribution in [-0.2, 0) is 0 Å². The van der Waals surface area contributed by atoms with E-state index in [1.165, 1.54) is 0 Å². The summed E-state index contributed by atoms with van der Waals surface area (Å²) in [6.45, 7) is 1.58. The van der Waals surface area contributed by atoms with Gasteiger partial charge in [-0.1, -0.05) is 12.1 Å². The van der Waals surface area contributed by atoms with Gasteiger partial charge in [-0.25, -0.2) is 0 Å². The molecule has 0 radical (unpaired) electrons. The monoisotopic (exact) mass is 176 g/mol. The normalized spacial score (nSPS) is 16.1. The van der Waals surface area contributed by atoms with Gasteiger partial charge in [0.1, 0.15) is 0 Å². The Morgan fingerprint density at radius 1 is 1.38 bits per heavy atom. The summed E-state index contributed by atoms with van der Waals surface area (Å²) in [4.78, 5) is 13.6. The number of nitrogens with zero attached hydrogens (tertiary/aromatic N) is 1. The van der Waals surface area contributed by atoms with Gasteiger partial charge in [-0.15, -0.1) is 0 Å². The van der Waals surface area contributed by atoms with E-state index in [9.17, 15) is 4.79 Å². The number of rotatable bonds is 0. The summed E-state index contributed by atoms with van der Waals surface area (Å²) in [5, 5.41) is 2.85. The van der Waals surface area contributed by atoms with E-state index in [0.29, 0.717) is 6.54 Å². The number of para-hydroxylation sites is 1.